The molecule has 9 nitrogen and oxygen atoms in total. The third-order valence-corrected chi connectivity index (χ3v) is 5.30. The fourth-order valence-corrected chi connectivity index (χ4v) is 3.91. The highest BCUT2D eigenvalue weighted by molar-refractivity contribution is 7.73. The number of allylic oxidation sites excluding steroid dienone is 1. The van der Waals surface area contributed by atoms with E-state index in [-0.39, 0.29) is 24.5 Å². The van der Waals surface area contributed by atoms with Gasteiger partial charge in [0.2, 0.25) is 5.88 Å². The average Bonchev–Trinajstić information content (AvgIpc) is 3.21. The Hall–Kier alpha value is -3.18. The molecule has 1 aliphatic heterocycles. The molecule has 1 aromatic heterocycles. The molecule has 0 aliphatic carbocycles. The number of aliphatic carboxylic acids is 1. The zero-order chi connectivity index (χ0) is 20.3. The molecule has 0 radical (unpaired) electrons. The molecule has 0 atom stereocenters. The Morgan fingerprint density at radius 2 is 2.21 bits per heavy atom. The lowest BCUT2D eigenvalue weighted by Crippen LogP contribution is -2.03. The topological polar surface area (TPSA) is 130 Å². The lowest BCUT2D eigenvalue weighted by atomic mass is 10.0. The van der Waals surface area contributed by atoms with Crippen LogP contribution in [-0.4, -0.2) is 37.6 Å². The summed E-state index contributed by atoms with van der Waals surface area (Å²) in [4.78, 5) is 21.6. The minimum Gasteiger partial charge on any atom is -0.493 e. The Morgan fingerprint density at radius 3 is 2.93 bits per heavy atom. The number of aromatic hydroxyl groups is 1. The minimum absolute atomic E-state index is 0.0241. The van der Waals surface area contributed by atoms with Gasteiger partial charge in [0.15, 0.2) is 3.95 Å². The molecule has 0 unspecified atom stereocenters. The summed E-state index contributed by atoms with van der Waals surface area (Å²) in [5.41, 5.74) is 1.49. The van der Waals surface area contributed by atoms with Gasteiger partial charge in [0.25, 0.3) is 5.69 Å². The molecule has 3 rings (SSSR count). The predicted molar refractivity (Wildman–Crippen MR) is 108 cm³/mol. The Bertz CT molecular complexity index is 1100. The van der Waals surface area contributed by atoms with Gasteiger partial charge in [0.05, 0.1) is 16.0 Å². The maximum Gasteiger partial charge on any atom is 0.303 e. The van der Waals surface area contributed by atoms with Gasteiger partial charge in [-0.3, -0.25) is 19.5 Å². The summed E-state index contributed by atoms with van der Waals surface area (Å²) in [6.45, 7) is 0.288. The molecule has 2 heterocycles. The van der Waals surface area contributed by atoms with Crippen molar-refractivity contribution in [2.75, 3.05) is 0 Å². The largest absolute Gasteiger partial charge is 0.493 e. The molecule has 1 aliphatic rings. The number of rotatable bonds is 7. The monoisotopic (exact) mass is 418 g/mol. The van der Waals surface area contributed by atoms with Gasteiger partial charge in [-0.2, -0.15) is 5.10 Å². The van der Waals surface area contributed by atoms with Gasteiger partial charge in [0, 0.05) is 36.2 Å². The number of nitro groups is 1. The molecule has 0 bridgehead atoms. The van der Waals surface area contributed by atoms with Crippen LogP contribution in [0.4, 0.5) is 5.69 Å². The fraction of sp³-hybridized carbons (Fsp3) is 0.176. The lowest BCUT2D eigenvalue weighted by molar-refractivity contribution is -0.384. The van der Waals surface area contributed by atoms with Crippen LogP contribution in [-0.2, 0) is 11.3 Å². The van der Waals surface area contributed by atoms with Crippen LogP contribution in [0.3, 0.4) is 0 Å². The first-order chi connectivity index (χ1) is 13.4. The van der Waals surface area contributed by atoms with Crippen LogP contribution < -0.4 is 0 Å². The second-order valence-electron chi connectivity index (χ2n) is 5.81. The quantitative estimate of drug-likeness (QED) is 0.401. The predicted octanol–water partition coefficient (Wildman–Crippen LogP) is 3.63. The second-order valence-corrected chi connectivity index (χ2v) is 7.48. The summed E-state index contributed by atoms with van der Waals surface area (Å²) in [5.74, 6) is -0.977. The van der Waals surface area contributed by atoms with Crippen molar-refractivity contribution in [3.8, 4) is 5.88 Å². The van der Waals surface area contributed by atoms with Gasteiger partial charge in [-0.05, 0) is 24.7 Å². The number of nitrogens with zero attached hydrogens (tertiary/aromatic N) is 4. The number of non-ortho nitro benzene ring substituents is 1. The molecule has 0 saturated carbocycles. The molecular weight excluding hydrogens is 404 g/mol. The fourth-order valence-electron chi connectivity index (χ4n) is 2.60. The minimum atomic E-state index is -0.913. The highest BCUT2D eigenvalue weighted by atomic mass is 32.1. The summed E-state index contributed by atoms with van der Waals surface area (Å²) >= 11 is 6.43. The van der Waals surface area contributed by atoms with E-state index in [4.69, 9.17) is 17.3 Å². The second kappa shape index (κ2) is 8.23. The Labute approximate surface area is 167 Å². The van der Waals surface area contributed by atoms with E-state index in [9.17, 15) is 20.0 Å². The summed E-state index contributed by atoms with van der Waals surface area (Å²) in [6.07, 6.45) is 3.46. The van der Waals surface area contributed by atoms with Crippen molar-refractivity contribution < 1.29 is 19.9 Å². The first kappa shape index (κ1) is 19.6. The number of hydrogen-bond donors (Lipinski definition) is 2. The van der Waals surface area contributed by atoms with E-state index in [1.54, 1.807) is 18.2 Å². The first-order valence-corrected chi connectivity index (χ1v) is 9.31. The van der Waals surface area contributed by atoms with E-state index < -0.39 is 10.9 Å². The molecule has 28 heavy (non-hydrogen) atoms. The number of thiazole rings is 1. The lowest BCUT2D eigenvalue weighted by Gasteiger charge is -2.04. The summed E-state index contributed by atoms with van der Waals surface area (Å²) in [6, 6.07) is 6.04. The van der Waals surface area contributed by atoms with Crippen LogP contribution in [0.2, 0.25) is 0 Å². The molecule has 144 valence electrons. The third kappa shape index (κ3) is 4.21. The van der Waals surface area contributed by atoms with Crippen LogP contribution in [0.5, 0.6) is 5.88 Å². The SMILES string of the molecule is O=C(O)CCCn1c(O)c(C=C2C=NN=C2c2cccc([N+](=O)[O-])c2)sc1=S. The smallest absolute Gasteiger partial charge is 0.303 e. The highest BCUT2D eigenvalue weighted by Gasteiger charge is 2.18. The van der Waals surface area contributed by atoms with E-state index in [1.165, 1.54) is 34.3 Å². The molecule has 0 fully saturated rings. The van der Waals surface area contributed by atoms with Crippen molar-refractivity contribution in [1.82, 2.24) is 4.57 Å². The van der Waals surface area contributed by atoms with Gasteiger partial charge in [0.1, 0.15) is 5.71 Å². The molecule has 0 saturated heterocycles. The summed E-state index contributed by atoms with van der Waals surface area (Å²) in [5, 5.41) is 38.1. The highest BCUT2D eigenvalue weighted by Crippen LogP contribution is 2.30. The van der Waals surface area contributed by atoms with Crippen molar-refractivity contribution >= 4 is 53.2 Å². The number of benzene rings is 1. The maximum absolute atomic E-state index is 11.0. The number of carboxylic acids is 1. The van der Waals surface area contributed by atoms with Crippen molar-refractivity contribution in [2.24, 2.45) is 10.2 Å². The van der Waals surface area contributed by atoms with Gasteiger partial charge < -0.3 is 10.2 Å². The van der Waals surface area contributed by atoms with E-state index >= 15 is 0 Å². The van der Waals surface area contributed by atoms with Gasteiger partial charge in [-0.25, -0.2) is 0 Å². The number of nitro benzene ring substituents is 1. The molecule has 2 N–H and O–H groups in total. The Morgan fingerprint density at radius 1 is 1.43 bits per heavy atom. The third-order valence-electron chi connectivity index (χ3n) is 3.91. The number of aromatic nitrogens is 1. The summed E-state index contributed by atoms with van der Waals surface area (Å²) in [7, 11) is 0. The standard InChI is InChI=1S/C17H14N4O5S2/c22-14(23)5-2-6-20-16(24)13(28-17(20)27)8-11-9-18-19-15(11)10-3-1-4-12(7-10)21(25)26/h1,3-4,7-9,24H,2,5-6H2,(H,22,23). The molecule has 2 aromatic rings. The zero-order valence-electron chi connectivity index (χ0n) is 14.3. The number of hydrogen-bond acceptors (Lipinski definition) is 8. The van der Waals surface area contributed by atoms with Gasteiger partial charge in [-0.15, -0.1) is 16.4 Å². The van der Waals surface area contributed by atoms with Crippen LogP contribution in [0, 0.1) is 14.1 Å². The molecular formula is C17H14N4O5S2. The number of carboxylic acid groups (broad SMARTS) is 1. The van der Waals surface area contributed by atoms with E-state index in [0.29, 0.717) is 32.1 Å². The molecule has 0 spiro atoms. The van der Waals surface area contributed by atoms with Gasteiger partial charge >= 0.3 is 5.97 Å². The van der Waals surface area contributed by atoms with Crippen LogP contribution in [0.1, 0.15) is 23.3 Å². The van der Waals surface area contributed by atoms with E-state index in [0.717, 1.165) is 0 Å². The maximum atomic E-state index is 11.0. The molecule has 1 aromatic carbocycles. The Kier molecular flexibility index (Phi) is 5.76. The first-order valence-electron chi connectivity index (χ1n) is 8.09. The molecule has 0 amide bonds. The normalized spacial score (nSPS) is 14.4. The van der Waals surface area contributed by atoms with Crippen molar-refractivity contribution in [2.45, 2.75) is 19.4 Å². The van der Waals surface area contributed by atoms with Crippen molar-refractivity contribution in [1.29, 1.82) is 0 Å². The van der Waals surface area contributed by atoms with Gasteiger partial charge in [-0.1, -0.05) is 12.1 Å². The summed E-state index contributed by atoms with van der Waals surface area (Å²) < 4.78 is 1.89. The average molecular weight is 418 g/mol. The van der Waals surface area contributed by atoms with Crippen LogP contribution in [0.25, 0.3) is 6.08 Å². The van der Waals surface area contributed by atoms with Crippen molar-refractivity contribution in [3.05, 3.63) is 54.3 Å². The van der Waals surface area contributed by atoms with E-state index in [1.807, 2.05) is 0 Å². The Balaban J connectivity index is 1.89. The number of carbonyl (C=O) groups is 1. The van der Waals surface area contributed by atoms with Crippen LogP contribution in [0.15, 0.2) is 40.0 Å². The molecule has 11 heteroatoms. The zero-order valence-corrected chi connectivity index (χ0v) is 15.9. The van der Waals surface area contributed by atoms with Crippen LogP contribution >= 0.6 is 23.6 Å². The van der Waals surface area contributed by atoms with E-state index in [2.05, 4.69) is 10.2 Å². The van der Waals surface area contributed by atoms with Crippen molar-refractivity contribution in [3.63, 3.8) is 0 Å².